The number of nitriles is 1. The number of hydrogen-bond donors (Lipinski definition) is 1. The molecule has 7 rings (SSSR count). The minimum atomic E-state index is -0.128. The summed E-state index contributed by atoms with van der Waals surface area (Å²) in [7, 11) is 0. The third-order valence-electron chi connectivity index (χ3n) is 9.68. The second kappa shape index (κ2) is 13.2. The Balaban J connectivity index is 0.965. The molecular formula is C35H37N9O2. The van der Waals surface area contributed by atoms with Crippen molar-refractivity contribution in [3.05, 3.63) is 89.4 Å². The fraction of sp³-hybridized carbons (Fsp3) is 0.400. The molecule has 0 aliphatic carbocycles. The average Bonchev–Trinajstić information content (AvgIpc) is 3.83. The summed E-state index contributed by atoms with van der Waals surface area (Å²) in [6.45, 7) is 2.14. The van der Waals surface area contributed by atoms with E-state index in [0.29, 0.717) is 38.8 Å². The van der Waals surface area contributed by atoms with Crippen LogP contribution >= 0.6 is 0 Å². The van der Waals surface area contributed by atoms with Gasteiger partial charge in [-0.15, -0.1) is 0 Å². The van der Waals surface area contributed by atoms with Gasteiger partial charge in [0.05, 0.1) is 12.1 Å². The first-order chi connectivity index (χ1) is 22.6. The summed E-state index contributed by atoms with van der Waals surface area (Å²) in [5.74, 6) is 0.802. The lowest BCUT2D eigenvalue weighted by atomic mass is 9.87. The van der Waals surface area contributed by atoms with E-state index >= 15 is 0 Å². The standard InChI is InChI=1S/C35H37N9O2/c36-23-32-38-17-13-33(41-32)42-20-14-27(15-21-42)34(45)43-31(12-19-39-43)26-8-6-24(7-9-26)29-22-28(10-16-37-29)35(46)44-30(11-18-40-44)25-4-2-1-3-5-25/h1-9,13,17-19,27-31,37H,10-12,14-16,20-22H2/t28?,29?,30-,31-/m0/s1. The summed E-state index contributed by atoms with van der Waals surface area (Å²) in [6.07, 6.45) is 9.60. The molecule has 5 heterocycles. The summed E-state index contributed by atoms with van der Waals surface area (Å²) in [4.78, 5) is 37.6. The fourth-order valence-corrected chi connectivity index (χ4v) is 7.14. The van der Waals surface area contributed by atoms with E-state index in [9.17, 15) is 9.59 Å². The molecule has 11 nitrogen and oxygen atoms in total. The number of anilines is 1. The van der Waals surface area contributed by atoms with Crippen molar-refractivity contribution in [2.24, 2.45) is 22.0 Å². The highest BCUT2D eigenvalue weighted by atomic mass is 16.2. The average molecular weight is 616 g/mol. The zero-order valence-corrected chi connectivity index (χ0v) is 25.7. The third kappa shape index (κ3) is 6.00. The lowest BCUT2D eigenvalue weighted by Gasteiger charge is -2.34. The molecule has 0 bridgehead atoms. The van der Waals surface area contributed by atoms with Crippen LogP contribution in [0.4, 0.5) is 5.82 Å². The first-order valence-corrected chi connectivity index (χ1v) is 16.2. The molecule has 234 valence electrons. The fourth-order valence-electron chi connectivity index (χ4n) is 7.14. The Morgan fingerprint density at radius 2 is 1.41 bits per heavy atom. The van der Waals surface area contributed by atoms with Crippen LogP contribution in [0.25, 0.3) is 0 Å². The Kier molecular flexibility index (Phi) is 8.53. The molecule has 2 aromatic carbocycles. The smallest absolute Gasteiger partial charge is 0.246 e. The lowest BCUT2D eigenvalue weighted by Crippen LogP contribution is -2.41. The first kappa shape index (κ1) is 29.7. The normalized spacial score (nSPS) is 24.7. The monoisotopic (exact) mass is 615 g/mol. The summed E-state index contributed by atoms with van der Waals surface area (Å²) in [5.41, 5.74) is 3.30. The van der Waals surface area contributed by atoms with Crippen molar-refractivity contribution in [2.75, 3.05) is 24.5 Å². The third-order valence-corrected chi connectivity index (χ3v) is 9.68. The molecule has 2 fully saturated rings. The van der Waals surface area contributed by atoms with Crippen molar-refractivity contribution < 1.29 is 9.59 Å². The van der Waals surface area contributed by atoms with E-state index in [1.807, 2.05) is 36.7 Å². The van der Waals surface area contributed by atoms with Gasteiger partial charge < -0.3 is 10.2 Å². The Morgan fingerprint density at radius 1 is 0.783 bits per heavy atom. The van der Waals surface area contributed by atoms with Crippen LogP contribution in [-0.2, 0) is 9.59 Å². The highest BCUT2D eigenvalue weighted by Crippen LogP contribution is 2.36. The zero-order valence-electron chi connectivity index (χ0n) is 25.7. The van der Waals surface area contributed by atoms with Gasteiger partial charge in [-0.3, -0.25) is 9.59 Å². The number of aromatic nitrogens is 2. The van der Waals surface area contributed by atoms with Crippen molar-refractivity contribution >= 4 is 30.1 Å². The van der Waals surface area contributed by atoms with Crippen LogP contribution in [-0.4, -0.2) is 63.9 Å². The minimum Gasteiger partial charge on any atom is -0.356 e. The van der Waals surface area contributed by atoms with Crippen LogP contribution in [0.15, 0.2) is 77.1 Å². The summed E-state index contributed by atoms with van der Waals surface area (Å²) < 4.78 is 0. The van der Waals surface area contributed by atoms with Gasteiger partial charge >= 0.3 is 0 Å². The highest BCUT2D eigenvalue weighted by Gasteiger charge is 2.37. The summed E-state index contributed by atoms with van der Waals surface area (Å²) in [5, 5.41) is 25.1. The number of hydrogen-bond acceptors (Lipinski definition) is 9. The molecule has 11 heteroatoms. The van der Waals surface area contributed by atoms with Gasteiger partial charge in [0.1, 0.15) is 11.9 Å². The maximum atomic E-state index is 13.6. The van der Waals surface area contributed by atoms with Crippen molar-refractivity contribution in [1.82, 2.24) is 25.3 Å². The van der Waals surface area contributed by atoms with Gasteiger partial charge in [-0.2, -0.15) is 15.5 Å². The van der Waals surface area contributed by atoms with Crippen molar-refractivity contribution in [2.45, 2.75) is 56.7 Å². The Bertz CT molecular complexity index is 1660. The van der Waals surface area contributed by atoms with E-state index in [-0.39, 0.29) is 47.6 Å². The number of rotatable bonds is 6. The molecular weight excluding hydrogens is 578 g/mol. The van der Waals surface area contributed by atoms with Crippen LogP contribution in [0.3, 0.4) is 0 Å². The second-order valence-corrected chi connectivity index (χ2v) is 12.4. The van der Waals surface area contributed by atoms with E-state index < -0.39 is 0 Å². The molecule has 0 radical (unpaired) electrons. The van der Waals surface area contributed by atoms with Crippen LogP contribution in [0.5, 0.6) is 0 Å². The number of carbonyl (C=O) groups is 2. The van der Waals surface area contributed by atoms with E-state index in [0.717, 1.165) is 41.9 Å². The van der Waals surface area contributed by atoms with Crippen LogP contribution in [0.2, 0.25) is 0 Å². The first-order valence-electron chi connectivity index (χ1n) is 16.2. The predicted molar refractivity (Wildman–Crippen MR) is 173 cm³/mol. The van der Waals surface area contributed by atoms with Crippen LogP contribution < -0.4 is 10.2 Å². The molecule has 0 spiro atoms. The molecule has 2 saturated heterocycles. The Hall–Kier alpha value is -4.95. The lowest BCUT2D eigenvalue weighted by molar-refractivity contribution is -0.139. The van der Waals surface area contributed by atoms with Crippen LogP contribution in [0, 0.1) is 23.2 Å². The van der Waals surface area contributed by atoms with Crippen molar-refractivity contribution in [3.8, 4) is 6.07 Å². The van der Waals surface area contributed by atoms with E-state index in [2.05, 4.69) is 66.8 Å². The molecule has 4 atom stereocenters. The molecule has 0 saturated carbocycles. The topological polar surface area (TPSA) is 130 Å². The quantitative estimate of drug-likeness (QED) is 0.431. The van der Waals surface area contributed by atoms with Crippen molar-refractivity contribution in [3.63, 3.8) is 0 Å². The summed E-state index contributed by atoms with van der Waals surface area (Å²) >= 11 is 0. The molecule has 46 heavy (non-hydrogen) atoms. The van der Waals surface area contributed by atoms with Crippen molar-refractivity contribution in [1.29, 1.82) is 5.26 Å². The SMILES string of the molecule is N#Cc1nccc(N2CCC(C(=O)N3N=CC[C@H]3c3ccc(C4CC(C(=O)N5N=CC[C@H]5c5ccccc5)CCN4)cc3)CC2)n1. The van der Waals surface area contributed by atoms with E-state index in [1.165, 1.54) is 0 Å². The molecule has 2 unspecified atom stereocenters. The van der Waals surface area contributed by atoms with Gasteiger partial charge in [0.25, 0.3) is 0 Å². The highest BCUT2D eigenvalue weighted by molar-refractivity contribution is 5.83. The largest absolute Gasteiger partial charge is 0.356 e. The number of amides is 2. The van der Waals surface area contributed by atoms with Gasteiger partial charge in [0.15, 0.2) is 0 Å². The number of nitrogens with one attached hydrogen (secondary N) is 1. The molecule has 4 aliphatic rings. The Labute approximate surface area is 268 Å². The summed E-state index contributed by atoms with van der Waals surface area (Å²) in [6, 6.07) is 22.3. The van der Waals surface area contributed by atoms with Gasteiger partial charge in [0, 0.05) is 62.4 Å². The minimum absolute atomic E-state index is 0.0378. The maximum absolute atomic E-state index is 13.6. The molecule has 3 aromatic rings. The second-order valence-electron chi connectivity index (χ2n) is 12.4. The number of carbonyl (C=O) groups excluding carboxylic acids is 2. The zero-order chi connectivity index (χ0) is 31.5. The van der Waals surface area contributed by atoms with Gasteiger partial charge in [0.2, 0.25) is 17.6 Å². The molecule has 1 N–H and O–H groups in total. The number of benzene rings is 2. The Morgan fingerprint density at radius 3 is 2.09 bits per heavy atom. The van der Waals surface area contributed by atoms with E-state index in [4.69, 9.17) is 5.26 Å². The number of piperidine rings is 2. The number of nitrogens with zero attached hydrogens (tertiary/aromatic N) is 8. The predicted octanol–water partition coefficient (Wildman–Crippen LogP) is 4.52. The van der Waals surface area contributed by atoms with Gasteiger partial charge in [-0.25, -0.2) is 20.0 Å². The maximum Gasteiger partial charge on any atom is 0.246 e. The molecule has 4 aliphatic heterocycles. The van der Waals surface area contributed by atoms with Gasteiger partial charge in [-0.1, -0.05) is 54.6 Å². The molecule has 2 amide bonds. The number of hydrazone groups is 2. The van der Waals surface area contributed by atoms with Crippen LogP contribution in [0.1, 0.15) is 79.2 Å². The molecule has 1 aromatic heterocycles. The van der Waals surface area contributed by atoms with Gasteiger partial charge in [-0.05, 0) is 55.0 Å². The van der Waals surface area contributed by atoms with E-state index in [1.54, 1.807) is 22.3 Å².